The largest absolute Gasteiger partial charge is 0.380 e. The smallest absolute Gasteiger partial charge is 0.252 e. The minimum absolute atomic E-state index is 0.301. The molecule has 2 heterocycles. The zero-order chi connectivity index (χ0) is 13.8. The Morgan fingerprint density at radius 2 is 2.26 bits per heavy atom. The SMILES string of the molecule is Cc1ncccc1CNc1cc(Cl)ncc1C(N)=O. The summed E-state index contributed by atoms with van der Waals surface area (Å²) >= 11 is 5.82. The van der Waals surface area contributed by atoms with Crippen molar-refractivity contribution in [2.45, 2.75) is 13.5 Å². The van der Waals surface area contributed by atoms with E-state index in [-0.39, 0.29) is 0 Å². The number of nitrogens with one attached hydrogen (secondary N) is 1. The van der Waals surface area contributed by atoms with Gasteiger partial charge in [0.1, 0.15) is 5.15 Å². The maximum Gasteiger partial charge on any atom is 0.252 e. The molecule has 5 nitrogen and oxygen atoms in total. The number of pyridine rings is 2. The van der Waals surface area contributed by atoms with Crippen LogP contribution in [0.5, 0.6) is 0 Å². The third-order valence-electron chi connectivity index (χ3n) is 2.72. The standard InChI is InChI=1S/C13H13ClN4O/c1-8-9(3-2-4-16-8)6-17-11-5-12(14)18-7-10(11)13(15)19/h2-5,7H,6H2,1H3,(H2,15,19)(H,17,18). The first kappa shape index (κ1) is 13.3. The van der Waals surface area contributed by atoms with Crippen molar-refractivity contribution in [2.75, 3.05) is 5.32 Å². The van der Waals surface area contributed by atoms with Crippen LogP contribution >= 0.6 is 11.6 Å². The lowest BCUT2D eigenvalue weighted by Gasteiger charge is -2.11. The minimum atomic E-state index is -0.547. The monoisotopic (exact) mass is 276 g/mol. The van der Waals surface area contributed by atoms with Crippen LogP contribution in [0, 0.1) is 6.92 Å². The summed E-state index contributed by atoms with van der Waals surface area (Å²) in [5.41, 5.74) is 8.13. The van der Waals surface area contributed by atoms with Crippen molar-refractivity contribution in [3.05, 3.63) is 52.6 Å². The molecule has 0 saturated heterocycles. The van der Waals surface area contributed by atoms with Crippen molar-refractivity contribution < 1.29 is 4.79 Å². The lowest BCUT2D eigenvalue weighted by molar-refractivity contribution is 0.100. The van der Waals surface area contributed by atoms with Gasteiger partial charge < -0.3 is 11.1 Å². The van der Waals surface area contributed by atoms with E-state index < -0.39 is 5.91 Å². The van der Waals surface area contributed by atoms with Gasteiger partial charge in [-0.15, -0.1) is 0 Å². The van der Waals surface area contributed by atoms with E-state index >= 15 is 0 Å². The van der Waals surface area contributed by atoms with Crippen LogP contribution < -0.4 is 11.1 Å². The van der Waals surface area contributed by atoms with Gasteiger partial charge in [-0.3, -0.25) is 9.78 Å². The van der Waals surface area contributed by atoms with Gasteiger partial charge in [-0.2, -0.15) is 0 Å². The average molecular weight is 277 g/mol. The van der Waals surface area contributed by atoms with Crippen LogP contribution in [-0.4, -0.2) is 15.9 Å². The molecule has 6 heteroatoms. The number of halogens is 1. The zero-order valence-corrected chi connectivity index (χ0v) is 11.1. The molecule has 2 aromatic heterocycles. The summed E-state index contributed by atoms with van der Waals surface area (Å²) in [5, 5.41) is 3.43. The van der Waals surface area contributed by atoms with Crippen LogP contribution in [-0.2, 0) is 6.54 Å². The van der Waals surface area contributed by atoms with Crippen LogP contribution in [0.4, 0.5) is 5.69 Å². The summed E-state index contributed by atoms with van der Waals surface area (Å²) in [6.07, 6.45) is 3.10. The van der Waals surface area contributed by atoms with Crippen molar-refractivity contribution in [3.63, 3.8) is 0 Å². The Labute approximate surface area is 115 Å². The fourth-order valence-electron chi connectivity index (χ4n) is 1.67. The Hall–Kier alpha value is -2.14. The Morgan fingerprint density at radius 3 is 2.95 bits per heavy atom. The molecule has 1 amide bonds. The third-order valence-corrected chi connectivity index (χ3v) is 2.93. The number of carbonyl (C=O) groups is 1. The second kappa shape index (κ2) is 5.67. The van der Waals surface area contributed by atoms with Crippen LogP contribution in [0.25, 0.3) is 0 Å². The van der Waals surface area contributed by atoms with Crippen molar-refractivity contribution >= 4 is 23.2 Å². The number of amides is 1. The first-order valence-corrected chi connectivity index (χ1v) is 6.05. The molecule has 19 heavy (non-hydrogen) atoms. The van der Waals surface area contributed by atoms with E-state index in [2.05, 4.69) is 15.3 Å². The van der Waals surface area contributed by atoms with E-state index in [1.807, 2.05) is 19.1 Å². The van der Waals surface area contributed by atoms with Gasteiger partial charge in [0.25, 0.3) is 5.91 Å². The van der Waals surface area contributed by atoms with Gasteiger partial charge in [0.15, 0.2) is 0 Å². The van der Waals surface area contributed by atoms with E-state index in [1.54, 1.807) is 12.3 Å². The van der Waals surface area contributed by atoms with Crippen molar-refractivity contribution in [2.24, 2.45) is 5.73 Å². The molecule has 0 aliphatic heterocycles. The topological polar surface area (TPSA) is 80.9 Å². The fraction of sp³-hybridized carbons (Fsp3) is 0.154. The third kappa shape index (κ3) is 3.20. The Bertz CT molecular complexity index is 615. The van der Waals surface area contributed by atoms with Gasteiger partial charge in [-0.1, -0.05) is 17.7 Å². The number of carbonyl (C=O) groups excluding carboxylic acids is 1. The molecular formula is C13H13ClN4O. The van der Waals surface area contributed by atoms with Gasteiger partial charge in [0.2, 0.25) is 0 Å². The van der Waals surface area contributed by atoms with Crippen LogP contribution in [0.3, 0.4) is 0 Å². The Balaban J connectivity index is 2.22. The maximum atomic E-state index is 11.3. The highest BCUT2D eigenvalue weighted by molar-refractivity contribution is 6.29. The normalized spacial score (nSPS) is 10.2. The molecule has 0 atom stereocenters. The van der Waals surface area contributed by atoms with E-state index in [0.29, 0.717) is 22.9 Å². The number of anilines is 1. The molecule has 2 aromatic rings. The highest BCUT2D eigenvalue weighted by Gasteiger charge is 2.10. The van der Waals surface area contributed by atoms with Gasteiger partial charge in [-0.25, -0.2) is 4.98 Å². The molecule has 0 bridgehead atoms. The summed E-state index contributed by atoms with van der Waals surface area (Å²) in [7, 11) is 0. The molecule has 0 saturated carbocycles. The first-order valence-electron chi connectivity index (χ1n) is 5.67. The number of primary amides is 1. The van der Waals surface area contributed by atoms with Crippen molar-refractivity contribution in [1.29, 1.82) is 0 Å². The minimum Gasteiger partial charge on any atom is -0.380 e. The molecular weight excluding hydrogens is 264 g/mol. The molecule has 0 fully saturated rings. The number of hydrogen-bond acceptors (Lipinski definition) is 4. The highest BCUT2D eigenvalue weighted by Crippen LogP contribution is 2.19. The lowest BCUT2D eigenvalue weighted by atomic mass is 10.2. The van der Waals surface area contributed by atoms with E-state index in [4.69, 9.17) is 17.3 Å². The zero-order valence-electron chi connectivity index (χ0n) is 10.4. The molecule has 0 unspecified atom stereocenters. The Morgan fingerprint density at radius 1 is 1.47 bits per heavy atom. The van der Waals surface area contributed by atoms with Crippen molar-refractivity contribution in [3.8, 4) is 0 Å². The quantitative estimate of drug-likeness (QED) is 0.839. The van der Waals surface area contributed by atoms with E-state index in [9.17, 15) is 4.79 Å². The van der Waals surface area contributed by atoms with Gasteiger partial charge in [-0.05, 0) is 24.6 Å². The lowest BCUT2D eigenvalue weighted by Crippen LogP contribution is -2.15. The predicted octanol–water partition coefficient (Wildman–Crippen LogP) is 2.15. The summed E-state index contributed by atoms with van der Waals surface area (Å²) in [4.78, 5) is 19.3. The van der Waals surface area contributed by atoms with E-state index in [1.165, 1.54) is 6.20 Å². The number of nitrogens with two attached hydrogens (primary N) is 1. The molecule has 0 aliphatic rings. The molecule has 0 radical (unpaired) electrons. The number of aryl methyl sites for hydroxylation is 1. The second-order valence-electron chi connectivity index (χ2n) is 4.02. The molecule has 0 aromatic carbocycles. The molecule has 0 spiro atoms. The molecule has 0 aliphatic carbocycles. The number of rotatable bonds is 4. The summed E-state index contributed by atoms with van der Waals surface area (Å²) < 4.78 is 0. The predicted molar refractivity (Wildman–Crippen MR) is 74.1 cm³/mol. The van der Waals surface area contributed by atoms with Crippen LogP contribution in [0.1, 0.15) is 21.6 Å². The number of hydrogen-bond donors (Lipinski definition) is 2. The molecule has 2 rings (SSSR count). The second-order valence-corrected chi connectivity index (χ2v) is 4.41. The fourth-order valence-corrected chi connectivity index (χ4v) is 1.83. The summed E-state index contributed by atoms with van der Waals surface area (Å²) in [5.74, 6) is -0.547. The van der Waals surface area contributed by atoms with Crippen LogP contribution in [0.2, 0.25) is 5.15 Å². The first-order chi connectivity index (χ1) is 9.08. The number of aromatic nitrogens is 2. The average Bonchev–Trinajstić information content (AvgIpc) is 2.37. The maximum absolute atomic E-state index is 11.3. The Kier molecular flexibility index (Phi) is 3.97. The van der Waals surface area contributed by atoms with Gasteiger partial charge >= 0.3 is 0 Å². The molecule has 3 N–H and O–H groups in total. The highest BCUT2D eigenvalue weighted by atomic mass is 35.5. The number of nitrogens with zero attached hydrogens (tertiary/aromatic N) is 2. The van der Waals surface area contributed by atoms with E-state index in [0.717, 1.165) is 11.3 Å². The van der Waals surface area contributed by atoms with Crippen LogP contribution in [0.15, 0.2) is 30.6 Å². The molecule has 98 valence electrons. The van der Waals surface area contributed by atoms with Gasteiger partial charge in [0.05, 0.1) is 11.3 Å². The summed E-state index contributed by atoms with van der Waals surface area (Å²) in [6, 6.07) is 5.40. The summed E-state index contributed by atoms with van der Waals surface area (Å²) in [6.45, 7) is 2.45. The van der Waals surface area contributed by atoms with Gasteiger partial charge in [0, 0.05) is 24.6 Å². The van der Waals surface area contributed by atoms with Crippen molar-refractivity contribution in [1.82, 2.24) is 9.97 Å².